The van der Waals surface area contributed by atoms with E-state index in [1.54, 1.807) is 11.3 Å². The molecular weight excluding hydrogens is 312 g/mol. The predicted octanol–water partition coefficient (Wildman–Crippen LogP) is 2.95. The summed E-state index contributed by atoms with van der Waals surface area (Å²) < 4.78 is 2.90. The van der Waals surface area contributed by atoms with Gasteiger partial charge in [0.05, 0.1) is 22.0 Å². The van der Waals surface area contributed by atoms with E-state index in [4.69, 9.17) is 0 Å². The van der Waals surface area contributed by atoms with Gasteiger partial charge in [0, 0.05) is 24.8 Å². The topological polar surface area (TPSA) is 38.0 Å². The summed E-state index contributed by atoms with van der Waals surface area (Å²) in [6, 6.07) is 4.07. The third-order valence-corrected chi connectivity index (χ3v) is 4.76. The van der Waals surface area contributed by atoms with Crippen molar-refractivity contribution in [2.24, 2.45) is 7.05 Å². The summed E-state index contributed by atoms with van der Waals surface area (Å²) in [5, 5.41) is 16.6. The van der Waals surface area contributed by atoms with Crippen LogP contribution in [-0.4, -0.2) is 21.0 Å². The maximum atomic E-state index is 10.1. The Labute approximate surface area is 120 Å². The van der Waals surface area contributed by atoms with Crippen LogP contribution in [0.1, 0.15) is 23.2 Å². The molecule has 98 valence electrons. The second-order valence-corrected chi connectivity index (χ2v) is 6.15. The molecule has 1 unspecified atom stereocenters. The molecule has 2 aromatic heterocycles. The number of rotatable bonds is 5. The van der Waals surface area contributed by atoms with E-state index in [1.807, 2.05) is 23.2 Å². The van der Waals surface area contributed by atoms with Crippen LogP contribution in [0, 0.1) is 0 Å². The van der Waals surface area contributed by atoms with Gasteiger partial charge < -0.3 is 5.11 Å². The number of aromatic nitrogens is 2. The summed E-state index contributed by atoms with van der Waals surface area (Å²) in [6.45, 7) is 2.08. The van der Waals surface area contributed by atoms with Crippen molar-refractivity contribution in [3.8, 4) is 0 Å². The highest BCUT2D eigenvalue weighted by Gasteiger charge is 2.16. The average Bonchev–Trinajstić information content (AvgIpc) is 2.92. The van der Waals surface area contributed by atoms with E-state index < -0.39 is 0 Å². The lowest BCUT2D eigenvalue weighted by Crippen LogP contribution is -2.15. The molecule has 0 fully saturated rings. The first-order valence-corrected chi connectivity index (χ1v) is 7.69. The third kappa shape index (κ3) is 3.02. The van der Waals surface area contributed by atoms with Gasteiger partial charge in [-0.3, -0.25) is 4.68 Å². The molecule has 0 aliphatic rings. The Hall–Kier alpha value is -0.650. The lowest BCUT2D eigenvalue weighted by molar-refractivity contribution is 0.173. The molecule has 0 aromatic carbocycles. The van der Waals surface area contributed by atoms with Crippen molar-refractivity contribution < 1.29 is 5.11 Å². The van der Waals surface area contributed by atoms with E-state index in [9.17, 15) is 5.11 Å². The zero-order valence-electron chi connectivity index (χ0n) is 10.6. The highest BCUT2D eigenvalue weighted by Crippen LogP contribution is 2.23. The van der Waals surface area contributed by atoms with E-state index >= 15 is 0 Å². The molecular formula is C13H17BrN2OS. The van der Waals surface area contributed by atoms with Crippen LogP contribution in [-0.2, 0) is 26.3 Å². The van der Waals surface area contributed by atoms with Crippen molar-refractivity contribution in [2.75, 3.05) is 0 Å². The van der Waals surface area contributed by atoms with Crippen LogP contribution in [0.25, 0.3) is 0 Å². The zero-order valence-corrected chi connectivity index (χ0v) is 13.0. The summed E-state index contributed by atoms with van der Waals surface area (Å²) in [6.07, 6.45) is 1.87. The molecule has 1 atom stereocenters. The molecule has 0 amide bonds. The van der Waals surface area contributed by atoms with Crippen LogP contribution < -0.4 is 0 Å². The second kappa shape index (κ2) is 5.99. The molecule has 0 aliphatic carbocycles. The number of aliphatic hydroxyl groups is 1. The summed E-state index contributed by atoms with van der Waals surface area (Å²) in [7, 11) is 1.93. The summed E-state index contributed by atoms with van der Waals surface area (Å²) in [5.41, 5.74) is 2.12. The maximum Gasteiger partial charge on any atom is 0.0766 e. The molecule has 0 spiro atoms. The van der Waals surface area contributed by atoms with Crippen LogP contribution in [0.3, 0.4) is 0 Å². The largest absolute Gasteiger partial charge is 0.392 e. The monoisotopic (exact) mass is 328 g/mol. The molecule has 18 heavy (non-hydrogen) atoms. The van der Waals surface area contributed by atoms with Crippen molar-refractivity contribution in [3.63, 3.8) is 0 Å². The first-order valence-electron chi connectivity index (χ1n) is 6.02. The molecule has 2 heterocycles. The number of nitrogens with zero attached hydrogens (tertiary/aromatic N) is 2. The van der Waals surface area contributed by atoms with Crippen LogP contribution in [0.5, 0.6) is 0 Å². The van der Waals surface area contributed by atoms with Crippen molar-refractivity contribution in [1.82, 2.24) is 9.78 Å². The Kier molecular flexibility index (Phi) is 4.59. The van der Waals surface area contributed by atoms with Gasteiger partial charge in [0.15, 0.2) is 0 Å². The number of thiophene rings is 1. The SMILES string of the molecule is CCc1nn(C)c(CC(O)Cc2cccs2)c1Br. The summed E-state index contributed by atoms with van der Waals surface area (Å²) >= 11 is 5.26. The van der Waals surface area contributed by atoms with E-state index in [1.165, 1.54) is 4.88 Å². The highest BCUT2D eigenvalue weighted by atomic mass is 79.9. The van der Waals surface area contributed by atoms with Crippen LogP contribution in [0.2, 0.25) is 0 Å². The molecule has 0 radical (unpaired) electrons. The van der Waals surface area contributed by atoms with Gasteiger partial charge in [0.25, 0.3) is 0 Å². The zero-order chi connectivity index (χ0) is 13.1. The quantitative estimate of drug-likeness (QED) is 0.916. The summed E-state index contributed by atoms with van der Waals surface area (Å²) in [5.74, 6) is 0. The molecule has 0 bridgehead atoms. The first kappa shape index (κ1) is 13.8. The standard InChI is InChI=1S/C13H17BrN2OS/c1-3-11-13(14)12(16(2)15-11)8-9(17)7-10-5-4-6-18-10/h4-6,9,17H,3,7-8H2,1-2H3. The van der Waals surface area contributed by atoms with Crippen LogP contribution in [0.4, 0.5) is 0 Å². The van der Waals surface area contributed by atoms with Crippen molar-refractivity contribution in [3.05, 3.63) is 38.3 Å². The van der Waals surface area contributed by atoms with Gasteiger partial charge in [-0.05, 0) is 33.8 Å². The molecule has 0 saturated heterocycles. The Morgan fingerprint density at radius 2 is 2.28 bits per heavy atom. The van der Waals surface area contributed by atoms with Gasteiger partial charge in [-0.1, -0.05) is 13.0 Å². The lowest BCUT2D eigenvalue weighted by atomic mass is 10.1. The minimum absolute atomic E-state index is 0.361. The second-order valence-electron chi connectivity index (χ2n) is 4.33. The number of aryl methyl sites for hydroxylation is 2. The Bertz CT molecular complexity index is 507. The van der Waals surface area contributed by atoms with Gasteiger partial charge in [0.2, 0.25) is 0 Å². The van der Waals surface area contributed by atoms with E-state index in [2.05, 4.69) is 34.0 Å². The van der Waals surface area contributed by atoms with Gasteiger partial charge in [-0.2, -0.15) is 5.10 Å². The van der Waals surface area contributed by atoms with Crippen molar-refractivity contribution >= 4 is 27.3 Å². The minimum atomic E-state index is -0.361. The van der Waals surface area contributed by atoms with Crippen LogP contribution in [0.15, 0.2) is 22.0 Å². The fourth-order valence-electron chi connectivity index (χ4n) is 2.00. The minimum Gasteiger partial charge on any atom is -0.392 e. The first-order chi connectivity index (χ1) is 8.61. The van der Waals surface area contributed by atoms with Gasteiger partial charge in [-0.25, -0.2) is 0 Å². The van der Waals surface area contributed by atoms with Crippen LogP contribution >= 0.6 is 27.3 Å². The Morgan fingerprint density at radius 1 is 1.50 bits per heavy atom. The normalized spacial score (nSPS) is 12.9. The fraction of sp³-hybridized carbons (Fsp3) is 0.462. The number of aliphatic hydroxyl groups excluding tert-OH is 1. The third-order valence-electron chi connectivity index (χ3n) is 2.95. The Morgan fingerprint density at radius 3 is 2.83 bits per heavy atom. The smallest absolute Gasteiger partial charge is 0.0766 e. The van der Waals surface area contributed by atoms with Crippen molar-refractivity contribution in [2.45, 2.75) is 32.3 Å². The lowest BCUT2D eigenvalue weighted by Gasteiger charge is -2.10. The Balaban J connectivity index is 2.07. The van der Waals surface area contributed by atoms with E-state index in [-0.39, 0.29) is 6.10 Å². The van der Waals surface area contributed by atoms with Gasteiger partial charge in [0.1, 0.15) is 0 Å². The van der Waals surface area contributed by atoms with Crippen molar-refractivity contribution in [1.29, 1.82) is 0 Å². The number of hydrogen-bond donors (Lipinski definition) is 1. The van der Waals surface area contributed by atoms with Gasteiger partial charge in [-0.15, -0.1) is 11.3 Å². The molecule has 2 aromatic rings. The molecule has 1 N–H and O–H groups in total. The van der Waals surface area contributed by atoms with E-state index in [0.717, 1.165) is 22.3 Å². The maximum absolute atomic E-state index is 10.1. The number of halogens is 1. The number of hydrogen-bond acceptors (Lipinski definition) is 3. The van der Waals surface area contributed by atoms with E-state index in [0.29, 0.717) is 12.8 Å². The molecule has 3 nitrogen and oxygen atoms in total. The predicted molar refractivity (Wildman–Crippen MR) is 78.0 cm³/mol. The highest BCUT2D eigenvalue weighted by molar-refractivity contribution is 9.10. The molecule has 2 rings (SSSR count). The summed E-state index contributed by atoms with van der Waals surface area (Å²) in [4.78, 5) is 1.22. The molecule has 0 saturated carbocycles. The van der Waals surface area contributed by atoms with Gasteiger partial charge >= 0.3 is 0 Å². The fourth-order valence-corrected chi connectivity index (χ4v) is 3.55. The molecule has 5 heteroatoms. The molecule has 0 aliphatic heterocycles. The average molecular weight is 329 g/mol.